The fourth-order valence-corrected chi connectivity index (χ4v) is 1.20. The Labute approximate surface area is 97.6 Å². The first-order valence-corrected chi connectivity index (χ1v) is 4.61. The molecule has 0 saturated heterocycles. The molecule has 0 saturated carbocycles. The molecule has 7 heteroatoms. The lowest BCUT2D eigenvalue weighted by molar-refractivity contribution is 0.383. The zero-order valence-corrected chi connectivity index (χ0v) is 8.55. The highest BCUT2D eigenvalue weighted by molar-refractivity contribution is 5.29. The molecule has 1 aromatic carbocycles. The van der Waals surface area contributed by atoms with Gasteiger partial charge in [0, 0.05) is 24.3 Å². The summed E-state index contributed by atoms with van der Waals surface area (Å²) in [6.45, 7) is 0. The minimum atomic E-state index is -1.58. The third kappa shape index (κ3) is 2.55. The minimum Gasteiger partial charge on any atom is -0.436 e. The predicted molar refractivity (Wildman–Crippen MR) is 50.5 cm³/mol. The van der Waals surface area contributed by atoms with Gasteiger partial charge in [0.05, 0.1) is 0 Å². The molecule has 0 aliphatic heterocycles. The average molecular weight is 261 g/mol. The molecule has 1 aromatic heterocycles. The van der Waals surface area contributed by atoms with Gasteiger partial charge in [-0.1, -0.05) is 0 Å². The second-order valence-electron chi connectivity index (χ2n) is 3.26. The zero-order chi connectivity index (χ0) is 13.3. The van der Waals surface area contributed by atoms with Gasteiger partial charge in [-0.3, -0.25) is 0 Å². The van der Waals surface area contributed by atoms with E-state index in [9.17, 15) is 22.0 Å². The van der Waals surface area contributed by atoms with Crippen LogP contribution < -0.4 is 4.74 Å². The summed E-state index contributed by atoms with van der Waals surface area (Å²) >= 11 is 0. The maximum absolute atomic E-state index is 13.1. The molecule has 0 atom stereocenters. The van der Waals surface area contributed by atoms with Crippen LogP contribution in [0.15, 0.2) is 24.3 Å². The standard InChI is InChI=1S/C11H4F5NO/c12-5-1-6(13)3-7(2-5)18-11-9(15)4-8(14)10(16)17-11/h1-4H. The Morgan fingerprint density at radius 1 is 0.778 bits per heavy atom. The van der Waals surface area contributed by atoms with Gasteiger partial charge in [-0.25, -0.2) is 17.6 Å². The third-order valence-electron chi connectivity index (χ3n) is 1.91. The van der Waals surface area contributed by atoms with E-state index in [1.54, 1.807) is 0 Å². The number of benzene rings is 1. The summed E-state index contributed by atoms with van der Waals surface area (Å²) < 4.78 is 68.7. The second kappa shape index (κ2) is 4.59. The SMILES string of the molecule is Fc1cc(F)cc(Oc2nc(F)c(F)cc2F)c1. The van der Waals surface area contributed by atoms with Crippen LogP contribution in [0.3, 0.4) is 0 Å². The summed E-state index contributed by atoms with van der Waals surface area (Å²) in [5.74, 6) is -7.64. The van der Waals surface area contributed by atoms with Crippen molar-refractivity contribution in [1.82, 2.24) is 4.98 Å². The van der Waals surface area contributed by atoms with E-state index in [1.165, 1.54) is 0 Å². The van der Waals surface area contributed by atoms with E-state index in [4.69, 9.17) is 0 Å². The number of ether oxygens (including phenoxy) is 1. The van der Waals surface area contributed by atoms with Gasteiger partial charge in [-0.05, 0) is 0 Å². The molecule has 0 N–H and O–H groups in total. The van der Waals surface area contributed by atoms with Gasteiger partial charge in [0.15, 0.2) is 11.6 Å². The Balaban J connectivity index is 2.36. The van der Waals surface area contributed by atoms with Crippen molar-refractivity contribution in [3.05, 3.63) is 53.5 Å². The largest absolute Gasteiger partial charge is 0.436 e. The normalized spacial score (nSPS) is 10.5. The maximum Gasteiger partial charge on any atom is 0.258 e. The summed E-state index contributed by atoms with van der Waals surface area (Å²) in [7, 11) is 0. The third-order valence-corrected chi connectivity index (χ3v) is 1.91. The predicted octanol–water partition coefficient (Wildman–Crippen LogP) is 3.57. The Hall–Kier alpha value is -2.18. The highest BCUT2D eigenvalue weighted by Crippen LogP contribution is 2.25. The van der Waals surface area contributed by atoms with Crippen LogP contribution in [0.25, 0.3) is 0 Å². The van der Waals surface area contributed by atoms with E-state index < -0.39 is 40.8 Å². The van der Waals surface area contributed by atoms with Crippen molar-refractivity contribution in [2.45, 2.75) is 0 Å². The number of halogens is 5. The van der Waals surface area contributed by atoms with Gasteiger partial charge in [0.25, 0.3) is 11.8 Å². The van der Waals surface area contributed by atoms with Gasteiger partial charge in [-0.15, -0.1) is 0 Å². The van der Waals surface area contributed by atoms with Gasteiger partial charge >= 0.3 is 0 Å². The molecule has 2 nitrogen and oxygen atoms in total. The average Bonchev–Trinajstić information content (AvgIpc) is 2.24. The Bertz CT molecular complexity index is 582. The summed E-state index contributed by atoms with van der Waals surface area (Å²) in [6.07, 6.45) is 0. The maximum atomic E-state index is 13.1. The minimum absolute atomic E-state index is 0.216. The van der Waals surface area contributed by atoms with E-state index >= 15 is 0 Å². The Kier molecular flexibility index (Phi) is 3.14. The fraction of sp³-hybridized carbons (Fsp3) is 0. The van der Waals surface area contributed by atoms with Crippen LogP contribution in [0, 0.1) is 29.2 Å². The van der Waals surface area contributed by atoms with Gasteiger partial charge in [-0.2, -0.15) is 9.37 Å². The van der Waals surface area contributed by atoms with Crippen LogP contribution in [0.4, 0.5) is 22.0 Å². The van der Waals surface area contributed by atoms with Crippen molar-refractivity contribution >= 4 is 0 Å². The molecule has 18 heavy (non-hydrogen) atoms. The molecule has 0 fully saturated rings. The number of rotatable bonds is 2. The lowest BCUT2D eigenvalue weighted by Crippen LogP contribution is -1.98. The zero-order valence-electron chi connectivity index (χ0n) is 8.55. The monoisotopic (exact) mass is 261 g/mol. The molecule has 0 radical (unpaired) electrons. The molecule has 0 spiro atoms. The van der Waals surface area contributed by atoms with E-state index in [0.717, 1.165) is 12.1 Å². The summed E-state index contributed by atoms with van der Waals surface area (Å²) in [6, 6.07) is 2.27. The first kappa shape index (κ1) is 12.3. The highest BCUT2D eigenvalue weighted by Gasteiger charge is 2.14. The molecule has 2 aromatic rings. The molecule has 1 heterocycles. The molecule has 0 amide bonds. The number of hydrogen-bond acceptors (Lipinski definition) is 2. The highest BCUT2D eigenvalue weighted by atomic mass is 19.2. The van der Waals surface area contributed by atoms with Crippen molar-refractivity contribution in [3.63, 3.8) is 0 Å². The molecule has 0 aliphatic rings. The quantitative estimate of drug-likeness (QED) is 0.609. The molecular formula is C11H4F5NO. The summed E-state index contributed by atoms with van der Waals surface area (Å²) in [5.41, 5.74) is 0. The first-order valence-electron chi connectivity index (χ1n) is 4.61. The van der Waals surface area contributed by atoms with Gasteiger partial charge in [0.1, 0.15) is 17.4 Å². The molecular weight excluding hydrogens is 257 g/mol. The molecule has 0 unspecified atom stereocenters. The number of nitrogens with zero attached hydrogens (tertiary/aromatic N) is 1. The molecule has 0 aliphatic carbocycles. The Morgan fingerprint density at radius 3 is 2.00 bits per heavy atom. The van der Waals surface area contributed by atoms with Crippen LogP contribution in [0.5, 0.6) is 11.6 Å². The summed E-state index contributed by atoms with van der Waals surface area (Å²) in [5, 5.41) is 0. The molecule has 94 valence electrons. The van der Waals surface area contributed by atoms with Gasteiger partial charge in [0.2, 0.25) is 0 Å². The van der Waals surface area contributed by atoms with Crippen molar-refractivity contribution < 1.29 is 26.7 Å². The van der Waals surface area contributed by atoms with E-state index in [2.05, 4.69) is 9.72 Å². The smallest absolute Gasteiger partial charge is 0.258 e. The van der Waals surface area contributed by atoms with Crippen LogP contribution >= 0.6 is 0 Å². The summed E-state index contributed by atoms with van der Waals surface area (Å²) in [4.78, 5) is 2.84. The van der Waals surface area contributed by atoms with E-state index in [1.807, 2.05) is 0 Å². The van der Waals surface area contributed by atoms with Crippen molar-refractivity contribution in [2.75, 3.05) is 0 Å². The number of aromatic nitrogens is 1. The molecule has 0 bridgehead atoms. The van der Waals surface area contributed by atoms with Crippen molar-refractivity contribution in [3.8, 4) is 11.6 Å². The van der Waals surface area contributed by atoms with E-state index in [-0.39, 0.29) is 6.07 Å². The number of hydrogen-bond donors (Lipinski definition) is 0. The lowest BCUT2D eigenvalue weighted by Gasteiger charge is -2.06. The van der Waals surface area contributed by atoms with Crippen LogP contribution in [0.2, 0.25) is 0 Å². The van der Waals surface area contributed by atoms with Crippen LogP contribution in [-0.2, 0) is 0 Å². The first-order chi connectivity index (χ1) is 8.45. The number of pyridine rings is 1. The molecule has 2 rings (SSSR count). The Morgan fingerprint density at radius 2 is 1.39 bits per heavy atom. The van der Waals surface area contributed by atoms with Crippen molar-refractivity contribution in [2.24, 2.45) is 0 Å². The fourth-order valence-electron chi connectivity index (χ4n) is 1.20. The topological polar surface area (TPSA) is 22.1 Å². The van der Waals surface area contributed by atoms with Gasteiger partial charge < -0.3 is 4.74 Å². The van der Waals surface area contributed by atoms with Crippen LogP contribution in [-0.4, -0.2) is 4.98 Å². The van der Waals surface area contributed by atoms with E-state index in [0.29, 0.717) is 6.07 Å². The lowest BCUT2D eigenvalue weighted by atomic mass is 10.3. The van der Waals surface area contributed by atoms with Crippen molar-refractivity contribution in [1.29, 1.82) is 0 Å². The van der Waals surface area contributed by atoms with Crippen LogP contribution in [0.1, 0.15) is 0 Å². The second-order valence-corrected chi connectivity index (χ2v) is 3.26.